The molecular weight excluding hydrogens is 1510 g/mol. The molecule has 0 unspecified atom stereocenters. The maximum absolute atomic E-state index is 14.8. The van der Waals surface area contributed by atoms with Crippen LogP contribution in [0.2, 0.25) is 0 Å². The fraction of sp³-hybridized carbons (Fsp3) is 0.547. The van der Waals surface area contributed by atoms with Crippen molar-refractivity contribution in [3.05, 3.63) is 65.9 Å². The monoisotopic (exact) mass is 1620 g/mol. The molecule has 1 aromatic heterocycles. The molecular formula is C75H104N14O26. The fourth-order valence-electron chi connectivity index (χ4n) is 12.0. The van der Waals surface area contributed by atoms with Crippen LogP contribution < -0.4 is 70.4 Å². The van der Waals surface area contributed by atoms with E-state index in [1.54, 1.807) is 30.5 Å². The maximum atomic E-state index is 14.8. The molecule has 0 aliphatic carbocycles. The van der Waals surface area contributed by atoms with E-state index in [1.807, 2.05) is 0 Å². The second-order valence-corrected chi connectivity index (χ2v) is 27.5. The van der Waals surface area contributed by atoms with Crippen molar-refractivity contribution >= 4 is 135 Å². The molecule has 40 nitrogen and oxygen atoms in total. The highest BCUT2D eigenvalue weighted by molar-refractivity contribution is 6.05. The summed E-state index contributed by atoms with van der Waals surface area (Å²) < 4.78 is 5.75. The Morgan fingerprint density at radius 3 is 1.78 bits per heavy atom. The third-order valence-electron chi connectivity index (χ3n) is 18.3. The second kappa shape index (κ2) is 52.1. The minimum atomic E-state index is -2.30. The number of unbranched alkanes of at least 4 members (excludes halogenated alkanes) is 6. The third-order valence-corrected chi connectivity index (χ3v) is 18.3. The molecule has 40 heteroatoms. The van der Waals surface area contributed by atoms with Gasteiger partial charge in [-0.1, -0.05) is 89.6 Å². The first-order valence-corrected chi connectivity index (χ1v) is 37.1. The normalized spacial score (nSPS) is 21.0. The van der Waals surface area contributed by atoms with Gasteiger partial charge in [-0.2, -0.15) is 19.2 Å². The number of nitrogen functional groups attached to an aromatic ring is 1. The number of amides is 11. The number of ketones is 4. The number of nitrogens with one attached hydrogen (secondary N) is 11. The van der Waals surface area contributed by atoms with Crippen molar-refractivity contribution < 1.29 is 126 Å². The first-order chi connectivity index (χ1) is 54.4. The van der Waals surface area contributed by atoms with Crippen molar-refractivity contribution in [2.45, 2.75) is 212 Å². The van der Waals surface area contributed by atoms with E-state index < -0.39 is 249 Å². The number of aliphatic hydroxyl groups excluding tert-OH is 1. The Bertz CT molecular complexity index is 3970. The number of benzene rings is 2. The number of aliphatic carboxylic acids is 2. The van der Waals surface area contributed by atoms with Crippen molar-refractivity contribution in [2.24, 2.45) is 35.1 Å². The number of para-hydroxylation sites is 2. The van der Waals surface area contributed by atoms with E-state index in [4.69, 9.17) is 41.1 Å². The number of aliphatic hydroxyl groups is 1. The Morgan fingerprint density at radius 1 is 0.617 bits per heavy atom. The number of hydrogen-bond acceptors (Lipinski definition) is 26. The summed E-state index contributed by atoms with van der Waals surface area (Å²) in [5.41, 5.74) is 18.4. The second-order valence-electron chi connectivity index (χ2n) is 27.5. The van der Waals surface area contributed by atoms with Gasteiger partial charge >= 0.3 is 30.2 Å². The number of esters is 1. The highest BCUT2D eigenvalue weighted by Gasteiger charge is 2.41. The van der Waals surface area contributed by atoms with Gasteiger partial charge < -0.3 is 95.4 Å². The number of carboxylic acid groups (broad SMARTS) is 2. The smallest absolute Gasteiger partial charge is 0.373 e. The van der Waals surface area contributed by atoms with Crippen LogP contribution in [0.25, 0.3) is 10.9 Å². The van der Waals surface area contributed by atoms with Crippen molar-refractivity contribution in [2.75, 3.05) is 32.0 Å². The van der Waals surface area contributed by atoms with E-state index >= 15 is 0 Å². The number of rotatable bonds is 32. The van der Waals surface area contributed by atoms with Gasteiger partial charge in [-0.15, -0.1) is 0 Å². The Hall–Kier alpha value is -12.3. The van der Waals surface area contributed by atoms with E-state index in [0.717, 1.165) is 45.4 Å². The van der Waals surface area contributed by atoms with Gasteiger partial charge in [-0.3, -0.25) is 81.5 Å². The van der Waals surface area contributed by atoms with Gasteiger partial charge in [0.05, 0.1) is 50.5 Å². The van der Waals surface area contributed by atoms with Crippen LogP contribution in [0.5, 0.6) is 0 Å². The molecule has 20 N–H and O–H groups in total. The van der Waals surface area contributed by atoms with Gasteiger partial charge in [0, 0.05) is 85.1 Å². The van der Waals surface area contributed by atoms with E-state index in [-0.39, 0.29) is 55.8 Å². The molecule has 115 heavy (non-hydrogen) atoms. The van der Waals surface area contributed by atoms with E-state index in [1.165, 1.54) is 52.0 Å². The molecule has 1 saturated heterocycles. The Balaban J connectivity index is 0.00000723. The van der Waals surface area contributed by atoms with E-state index in [0.29, 0.717) is 22.9 Å². The standard InChI is InChI=1S/C73H104N14O22.2CO2/c1-7-8-9-10-11-12-13-24-60(94)83-52(28-44-34-77-49-22-17-15-19-45(44)49)71(106)85-51(33-59(76)93)57(91)29-43(30-64(99)100)69(104)87-65-42(6)109-73(108)53(32-55(89)46-20-14-16-21-48(46)75)86-70(105)47(38(2)27-63(97)98)31-58(92)54(37-88)84-62(96)35-78-67(102)40(4)81-68(103)41(5)80-66(101)39(3)26-56(90)50(23-18-25-74)82-61(95)36-79-72(65)107;2*2-1-3/h14-17,19-22,34,38-43,47,50-54,65,77,88H,7-13,18,23-33,35-37,74-75H2,1-6H3,(H2,76,93)(H,78,102)(H,79,107)(H,80,101)(H,81,103)(H,82,95)(H,83,94)(H,84,96)(H,85,106)(H,86,105)(H,87,104)(H,97,98)(H,99,100);;/t38-,39-,40+,41-,42-,43+,47+,50+,51-,52+,53+,54-,65+;;/m1../s1. The lowest BCUT2D eigenvalue weighted by atomic mass is 9.84. The fourth-order valence-corrected chi connectivity index (χ4v) is 12.0. The summed E-state index contributed by atoms with van der Waals surface area (Å²) in [6.07, 6.45) is -0.645. The molecule has 3 aromatic rings. The topological polar surface area (TPSA) is 660 Å². The molecule has 630 valence electrons. The number of Topliss-reactive ketones (excluding diaryl/α,β-unsaturated/α-hetero) is 4. The summed E-state index contributed by atoms with van der Waals surface area (Å²) in [6, 6.07) is -1.29. The number of aromatic amines is 1. The van der Waals surface area contributed by atoms with Crippen LogP contribution in [0, 0.1) is 23.7 Å². The molecule has 2 aromatic carbocycles. The minimum absolute atomic E-state index is 0.00503. The molecule has 2 heterocycles. The van der Waals surface area contributed by atoms with Crippen LogP contribution in [-0.4, -0.2) is 219 Å². The highest BCUT2D eigenvalue weighted by Crippen LogP contribution is 2.25. The first-order valence-electron chi connectivity index (χ1n) is 37.1. The number of aromatic nitrogens is 1. The summed E-state index contributed by atoms with van der Waals surface area (Å²) in [5.74, 6) is -26.9. The van der Waals surface area contributed by atoms with Gasteiger partial charge in [0.2, 0.25) is 65.0 Å². The summed E-state index contributed by atoms with van der Waals surface area (Å²) in [4.78, 5) is 284. The van der Waals surface area contributed by atoms with Gasteiger partial charge in [-0.05, 0) is 76.3 Å². The largest absolute Gasteiger partial charge is 0.481 e. The van der Waals surface area contributed by atoms with Crippen molar-refractivity contribution in [1.29, 1.82) is 0 Å². The molecule has 0 radical (unpaired) electrons. The lowest BCUT2D eigenvalue weighted by molar-refractivity contribution is -0.193. The van der Waals surface area contributed by atoms with Crippen LogP contribution in [0.3, 0.4) is 0 Å². The Kier molecular flexibility index (Phi) is 44.8. The number of cyclic esters (lactones) is 1. The van der Waals surface area contributed by atoms with E-state index in [9.17, 15) is 102 Å². The number of carboxylic acids is 2. The zero-order chi connectivity index (χ0) is 86.6. The number of nitrogens with two attached hydrogens (primary N) is 3. The number of anilines is 1. The molecule has 1 fully saturated rings. The highest BCUT2D eigenvalue weighted by atomic mass is 16.5. The van der Waals surface area contributed by atoms with Gasteiger partial charge in [0.25, 0.3) is 0 Å². The number of carbonyl (C=O) groups is 18. The Labute approximate surface area is 660 Å². The molecule has 13 atom stereocenters. The minimum Gasteiger partial charge on any atom is -0.481 e. The molecule has 1 aliphatic rings. The average Bonchev–Trinajstić information content (AvgIpc) is 1.72. The number of hydrogen-bond donors (Lipinski definition) is 17. The molecule has 4 rings (SSSR count). The predicted molar refractivity (Wildman–Crippen MR) is 401 cm³/mol. The predicted octanol–water partition coefficient (Wildman–Crippen LogP) is -2.43. The Morgan fingerprint density at radius 2 is 1.18 bits per heavy atom. The number of carbonyl (C=O) groups excluding carboxylic acids is 20. The maximum Gasteiger partial charge on any atom is 0.373 e. The number of primary amides is 1. The number of ether oxygens (including phenoxy) is 1. The summed E-state index contributed by atoms with van der Waals surface area (Å²) in [5, 5.41) is 54.7. The zero-order valence-electron chi connectivity index (χ0n) is 64.7. The lowest BCUT2D eigenvalue weighted by Gasteiger charge is -2.29. The van der Waals surface area contributed by atoms with Crippen molar-refractivity contribution in [3.8, 4) is 0 Å². The van der Waals surface area contributed by atoms with Crippen LogP contribution in [-0.2, 0) is 112 Å². The number of H-pyrrole nitrogens is 1. The molecule has 11 amide bonds. The van der Waals surface area contributed by atoms with Crippen molar-refractivity contribution in [1.82, 2.24) is 58.2 Å². The summed E-state index contributed by atoms with van der Waals surface area (Å²) in [6.45, 7) is 5.00. The first kappa shape index (κ1) is 98.8. The molecule has 1 aliphatic heterocycles. The van der Waals surface area contributed by atoms with Gasteiger partial charge in [0.1, 0.15) is 42.4 Å². The van der Waals surface area contributed by atoms with Gasteiger partial charge in [-0.25, -0.2) is 4.79 Å². The van der Waals surface area contributed by atoms with Crippen LogP contribution >= 0.6 is 0 Å². The SMILES string of the molecule is CCCCCCCCCC(=O)N[C@@H](Cc1c[nH]c2ccccc12)C(=O)N[C@H](CC(N)=O)C(=O)C[C@@H](CC(=O)O)C(=O)N[C@@H]1C(=O)NCC(=O)N[C@@H](CCCN)C(=O)C[C@@H](C)C(=O)N[C@H](C)C(=O)N[C@@H](C)C(=O)NCC(=O)N[C@H](CO)C(=O)C[C@@H]([C@H](C)CC(=O)O)C(=O)N[C@@H](CC(=O)c2ccccc2N)C(=O)O[C@@H]1C.O=C=O.O=C=O. The average molecular weight is 1620 g/mol. The van der Waals surface area contributed by atoms with E-state index in [2.05, 4.69) is 65.1 Å². The van der Waals surface area contributed by atoms with Crippen LogP contribution in [0.1, 0.15) is 167 Å². The number of fused-ring (bicyclic) bond motifs is 1. The quantitative estimate of drug-likeness (QED) is 0.0134. The van der Waals surface area contributed by atoms with Crippen molar-refractivity contribution in [3.63, 3.8) is 0 Å². The third kappa shape index (κ3) is 36.0. The zero-order valence-corrected chi connectivity index (χ0v) is 64.7. The lowest BCUT2D eigenvalue weighted by Crippen LogP contribution is -2.57. The van der Waals surface area contributed by atoms with Gasteiger partial charge in [0.15, 0.2) is 23.1 Å². The molecule has 0 bridgehead atoms. The van der Waals surface area contributed by atoms with Crippen LogP contribution in [0.4, 0.5) is 5.69 Å². The molecule has 0 saturated carbocycles. The summed E-state index contributed by atoms with van der Waals surface area (Å²) >= 11 is 0. The van der Waals surface area contributed by atoms with Crippen LogP contribution in [0.15, 0.2) is 54.7 Å². The summed E-state index contributed by atoms with van der Waals surface area (Å²) in [7, 11) is 0. The molecule has 0 spiro atoms.